The summed E-state index contributed by atoms with van der Waals surface area (Å²) in [4.78, 5) is 7.43. The van der Waals surface area contributed by atoms with Crippen molar-refractivity contribution in [3.8, 4) is 0 Å². The molecule has 0 fully saturated rings. The van der Waals surface area contributed by atoms with Crippen molar-refractivity contribution >= 4 is 23.3 Å². The van der Waals surface area contributed by atoms with Crippen LogP contribution in [0.2, 0.25) is 0 Å². The monoisotopic (exact) mass is 269 g/mol. The minimum Gasteiger partial charge on any atom is -0.330 e. The molecule has 0 saturated carbocycles. The van der Waals surface area contributed by atoms with E-state index in [1.165, 1.54) is 16.6 Å². The maximum atomic E-state index is 5.42. The Morgan fingerprint density at radius 3 is 2.95 bits per heavy atom. The highest BCUT2D eigenvalue weighted by atomic mass is 32.1. The molecular formula is C15H15N3S. The minimum absolute atomic E-state index is 0.785. The standard InChI is InChI=1S/C15H15N3S/c1-11-4-2-6-13-14(11)17-15(19)18(13)9-7-12-5-3-8-16-10-12/h2-6,8,10H,7,9H2,1H3,(H,17,19). The molecule has 96 valence electrons. The summed E-state index contributed by atoms with van der Waals surface area (Å²) in [5.74, 6) is 0. The van der Waals surface area contributed by atoms with Crippen LogP contribution in [0.3, 0.4) is 0 Å². The van der Waals surface area contributed by atoms with Crippen LogP contribution < -0.4 is 0 Å². The van der Waals surface area contributed by atoms with Gasteiger partial charge in [-0.1, -0.05) is 18.2 Å². The number of imidazole rings is 1. The van der Waals surface area contributed by atoms with Gasteiger partial charge in [0.25, 0.3) is 0 Å². The summed E-state index contributed by atoms with van der Waals surface area (Å²) >= 11 is 5.42. The first kappa shape index (κ1) is 12.1. The van der Waals surface area contributed by atoms with Gasteiger partial charge >= 0.3 is 0 Å². The highest BCUT2D eigenvalue weighted by Gasteiger charge is 2.06. The molecule has 4 heteroatoms. The number of rotatable bonds is 3. The van der Waals surface area contributed by atoms with Crippen LogP contribution in [0.1, 0.15) is 11.1 Å². The lowest BCUT2D eigenvalue weighted by atomic mass is 10.2. The number of aryl methyl sites for hydroxylation is 3. The number of pyridine rings is 1. The van der Waals surface area contributed by atoms with Gasteiger partial charge in [0.15, 0.2) is 4.77 Å². The van der Waals surface area contributed by atoms with Crippen LogP contribution >= 0.6 is 12.2 Å². The molecular weight excluding hydrogens is 254 g/mol. The Hall–Kier alpha value is -1.94. The average molecular weight is 269 g/mol. The van der Waals surface area contributed by atoms with Gasteiger partial charge in [-0.3, -0.25) is 4.98 Å². The average Bonchev–Trinajstić information content (AvgIpc) is 2.75. The predicted octanol–water partition coefficient (Wildman–Crippen LogP) is 3.65. The molecule has 1 N–H and O–H groups in total. The first-order valence-corrected chi connectivity index (χ1v) is 6.73. The molecule has 0 unspecified atom stereocenters. The Morgan fingerprint density at radius 1 is 1.26 bits per heavy atom. The second kappa shape index (κ2) is 4.97. The lowest BCUT2D eigenvalue weighted by Gasteiger charge is -2.05. The van der Waals surface area contributed by atoms with Crippen molar-refractivity contribution in [2.24, 2.45) is 0 Å². The molecule has 2 aromatic heterocycles. The first-order valence-electron chi connectivity index (χ1n) is 6.33. The van der Waals surface area contributed by atoms with Crippen LogP contribution in [-0.2, 0) is 13.0 Å². The molecule has 19 heavy (non-hydrogen) atoms. The lowest BCUT2D eigenvalue weighted by Crippen LogP contribution is -2.01. The molecule has 3 aromatic rings. The lowest BCUT2D eigenvalue weighted by molar-refractivity contribution is 0.705. The van der Waals surface area contributed by atoms with E-state index in [0.717, 1.165) is 23.3 Å². The Labute approximate surface area is 116 Å². The Balaban J connectivity index is 1.95. The minimum atomic E-state index is 0.785. The van der Waals surface area contributed by atoms with Crippen LogP contribution in [0.25, 0.3) is 11.0 Å². The van der Waals surface area contributed by atoms with Crippen molar-refractivity contribution in [3.63, 3.8) is 0 Å². The van der Waals surface area contributed by atoms with Gasteiger partial charge in [0.1, 0.15) is 0 Å². The molecule has 3 rings (SSSR count). The normalized spacial score (nSPS) is 11.0. The van der Waals surface area contributed by atoms with Crippen LogP contribution in [0.4, 0.5) is 0 Å². The number of para-hydroxylation sites is 1. The topological polar surface area (TPSA) is 33.6 Å². The van der Waals surface area contributed by atoms with Gasteiger partial charge in [0, 0.05) is 18.9 Å². The molecule has 0 atom stereocenters. The largest absolute Gasteiger partial charge is 0.330 e. The summed E-state index contributed by atoms with van der Waals surface area (Å²) in [6.45, 7) is 2.97. The van der Waals surface area contributed by atoms with Gasteiger partial charge in [-0.15, -0.1) is 0 Å². The fraction of sp³-hybridized carbons (Fsp3) is 0.200. The zero-order valence-electron chi connectivity index (χ0n) is 10.8. The molecule has 0 spiro atoms. The molecule has 0 aliphatic rings. The Kier molecular flexibility index (Phi) is 3.17. The van der Waals surface area contributed by atoms with Crippen LogP contribution in [-0.4, -0.2) is 14.5 Å². The first-order chi connectivity index (χ1) is 9.25. The number of nitrogens with one attached hydrogen (secondary N) is 1. The fourth-order valence-corrected chi connectivity index (χ4v) is 2.62. The molecule has 0 radical (unpaired) electrons. The van der Waals surface area contributed by atoms with E-state index in [1.807, 2.05) is 12.3 Å². The van der Waals surface area contributed by atoms with Crippen LogP contribution in [0.15, 0.2) is 42.7 Å². The van der Waals surface area contributed by atoms with Gasteiger partial charge in [0.2, 0.25) is 0 Å². The van der Waals surface area contributed by atoms with Gasteiger partial charge in [-0.2, -0.15) is 0 Å². The van der Waals surface area contributed by atoms with E-state index >= 15 is 0 Å². The number of hydrogen-bond acceptors (Lipinski definition) is 2. The van der Waals surface area contributed by atoms with Crippen molar-refractivity contribution in [2.75, 3.05) is 0 Å². The summed E-state index contributed by atoms with van der Waals surface area (Å²) < 4.78 is 2.94. The van der Waals surface area contributed by atoms with Crippen LogP contribution in [0, 0.1) is 11.7 Å². The highest BCUT2D eigenvalue weighted by molar-refractivity contribution is 7.71. The fourth-order valence-electron chi connectivity index (χ4n) is 2.33. The van der Waals surface area contributed by atoms with Gasteiger partial charge in [0.05, 0.1) is 11.0 Å². The van der Waals surface area contributed by atoms with E-state index in [9.17, 15) is 0 Å². The quantitative estimate of drug-likeness (QED) is 0.736. The molecule has 0 saturated heterocycles. The SMILES string of the molecule is Cc1cccc2c1[nH]c(=S)n2CCc1cccnc1. The second-order valence-electron chi connectivity index (χ2n) is 4.66. The van der Waals surface area contributed by atoms with E-state index < -0.39 is 0 Å². The number of hydrogen-bond donors (Lipinski definition) is 1. The molecule has 1 aromatic carbocycles. The summed E-state index contributed by atoms with van der Waals surface area (Å²) in [5, 5.41) is 0. The smallest absolute Gasteiger partial charge is 0.178 e. The summed E-state index contributed by atoms with van der Waals surface area (Å²) in [6.07, 6.45) is 4.64. The maximum Gasteiger partial charge on any atom is 0.178 e. The summed E-state index contributed by atoms with van der Waals surface area (Å²) in [6, 6.07) is 10.3. The third-order valence-electron chi connectivity index (χ3n) is 3.37. The second-order valence-corrected chi connectivity index (χ2v) is 5.05. The van der Waals surface area contributed by atoms with Crippen molar-refractivity contribution in [3.05, 3.63) is 58.6 Å². The molecule has 0 amide bonds. The van der Waals surface area contributed by atoms with Gasteiger partial charge < -0.3 is 9.55 Å². The molecule has 0 bridgehead atoms. The number of aromatic nitrogens is 3. The zero-order valence-corrected chi connectivity index (χ0v) is 11.6. The van der Waals surface area contributed by atoms with Crippen LogP contribution in [0.5, 0.6) is 0 Å². The molecule has 0 aliphatic heterocycles. The number of benzene rings is 1. The number of fused-ring (bicyclic) bond motifs is 1. The van der Waals surface area contributed by atoms with E-state index in [0.29, 0.717) is 0 Å². The third kappa shape index (κ3) is 2.31. The number of aromatic amines is 1. The van der Waals surface area contributed by atoms with Crippen molar-refractivity contribution in [1.29, 1.82) is 0 Å². The van der Waals surface area contributed by atoms with E-state index in [-0.39, 0.29) is 0 Å². The number of nitrogens with zero attached hydrogens (tertiary/aromatic N) is 2. The third-order valence-corrected chi connectivity index (χ3v) is 3.69. The molecule has 0 aliphatic carbocycles. The summed E-state index contributed by atoms with van der Waals surface area (Å²) in [5.41, 5.74) is 4.77. The Bertz CT molecular complexity index is 756. The summed E-state index contributed by atoms with van der Waals surface area (Å²) in [7, 11) is 0. The molecule has 2 heterocycles. The Morgan fingerprint density at radius 2 is 2.16 bits per heavy atom. The predicted molar refractivity (Wildman–Crippen MR) is 79.8 cm³/mol. The number of H-pyrrole nitrogens is 1. The van der Waals surface area contributed by atoms with Gasteiger partial charge in [-0.25, -0.2) is 0 Å². The van der Waals surface area contributed by atoms with E-state index in [2.05, 4.69) is 45.7 Å². The maximum absolute atomic E-state index is 5.42. The molecule has 3 nitrogen and oxygen atoms in total. The van der Waals surface area contributed by atoms with Gasteiger partial charge in [-0.05, 0) is 48.8 Å². The van der Waals surface area contributed by atoms with E-state index in [4.69, 9.17) is 12.2 Å². The van der Waals surface area contributed by atoms with E-state index in [1.54, 1.807) is 6.20 Å². The highest BCUT2D eigenvalue weighted by Crippen LogP contribution is 2.18. The van der Waals surface area contributed by atoms with Crippen molar-refractivity contribution in [1.82, 2.24) is 14.5 Å². The zero-order chi connectivity index (χ0) is 13.2. The van der Waals surface area contributed by atoms with Crippen molar-refractivity contribution in [2.45, 2.75) is 19.9 Å². The van der Waals surface area contributed by atoms with Crippen molar-refractivity contribution < 1.29 is 0 Å².